The van der Waals surface area contributed by atoms with Crippen molar-refractivity contribution in [2.75, 3.05) is 13.9 Å². The lowest BCUT2D eigenvalue weighted by atomic mass is 10.3. The lowest BCUT2D eigenvalue weighted by molar-refractivity contribution is 0.0458. The molecule has 4 nitrogen and oxygen atoms in total. The van der Waals surface area contributed by atoms with Crippen molar-refractivity contribution in [2.45, 2.75) is 4.90 Å². The molecule has 0 saturated heterocycles. The molecule has 0 radical (unpaired) electrons. The summed E-state index contributed by atoms with van der Waals surface area (Å²) in [5.41, 5.74) is 0. The van der Waals surface area contributed by atoms with Crippen molar-refractivity contribution >= 4 is 10.2 Å². The van der Waals surface area contributed by atoms with Crippen LogP contribution < -0.4 is 4.74 Å². The van der Waals surface area contributed by atoms with Crippen LogP contribution in [0.1, 0.15) is 0 Å². The summed E-state index contributed by atoms with van der Waals surface area (Å²) in [5.74, 6) is -3.46. The summed E-state index contributed by atoms with van der Waals surface area (Å²) in [6, 6.07) is 0.698. The third kappa shape index (κ3) is 2.86. The highest BCUT2D eigenvalue weighted by Crippen LogP contribution is 2.29. The normalized spacial score (nSPS) is 11.5. The molecule has 8 heteroatoms. The predicted molar refractivity (Wildman–Crippen MR) is 47.2 cm³/mol. The molecule has 0 saturated carbocycles. The van der Waals surface area contributed by atoms with Gasteiger partial charge in [0.25, 0.3) is 0 Å². The van der Waals surface area contributed by atoms with Gasteiger partial charge in [-0.25, -0.2) is 8.78 Å². The maximum absolute atomic E-state index is 13.1. The van der Waals surface area contributed by atoms with Gasteiger partial charge < -0.3 is 9.47 Å². The molecule has 1 aromatic carbocycles. The number of halogens is 3. The van der Waals surface area contributed by atoms with E-state index in [1.165, 1.54) is 7.11 Å². The van der Waals surface area contributed by atoms with Crippen LogP contribution in [0.3, 0.4) is 0 Å². The molecule has 16 heavy (non-hydrogen) atoms. The minimum Gasteiger partial charge on any atom is -0.463 e. The minimum absolute atomic E-state index is 0.323. The third-order valence-electron chi connectivity index (χ3n) is 1.56. The molecule has 0 bridgehead atoms. The van der Waals surface area contributed by atoms with Crippen molar-refractivity contribution in [1.29, 1.82) is 0 Å². The molecule has 0 aliphatic rings. The zero-order chi connectivity index (χ0) is 12.3. The van der Waals surface area contributed by atoms with Gasteiger partial charge in [-0.2, -0.15) is 8.42 Å². The first kappa shape index (κ1) is 12.8. The number of hydrogen-bond donors (Lipinski definition) is 0. The molecule has 0 atom stereocenters. The van der Waals surface area contributed by atoms with E-state index in [1.807, 2.05) is 0 Å². The number of hydrogen-bond acceptors (Lipinski definition) is 4. The Morgan fingerprint density at radius 3 is 2.44 bits per heavy atom. The van der Waals surface area contributed by atoms with E-state index in [9.17, 15) is 21.1 Å². The first-order valence-corrected chi connectivity index (χ1v) is 5.30. The van der Waals surface area contributed by atoms with Gasteiger partial charge in [0.15, 0.2) is 18.4 Å². The first-order valence-electron chi connectivity index (χ1n) is 3.91. The van der Waals surface area contributed by atoms with Crippen LogP contribution in [0.4, 0.5) is 12.7 Å². The number of rotatable bonds is 4. The highest BCUT2D eigenvalue weighted by Gasteiger charge is 2.23. The van der Waals surface area contributed by atoms with E-state index < -0.39 is 39.3 Å². The average molecular weight is 256 g/mol. The molecule has 0 N–H and O–H groups in total. The predicted octanol–water partition coefficient (Wildman–Crippen LogP) is 1.61. The fourth-order valence-corrected chi connectivity index (χ4v) is 1.61. The average Bonchev–Trinajstić information content (AvgIpc) is 2.14. The Morgan fingerprint density at radius 1 is 1.31 bits per heavy atom. The number of methoxy groups -OCH3 is 1. The molecular weight excluding hydrogens is 249 g/mol. The maximum Gasteiger partial charge on any atom is 0.336 e. The quantitative estimate of drug-likeness (QED) is 0.606. The molecule has 90 valence electrons. The van der Waals surface area contributed by atoms with Gasteiger partial charge in [0, 0.05) is 13.2 Å². The zero-order valence-electron chi connectivity index (χ0n) is 8.04. The Balaban J connectivity index is 3.33. The molecule has 0 aliphatic carbocycles. The van der Waals surface area contributed by atoms with E-state index in [0.717, 1.165) is 0 Å². The van der Waals surface area contributed by atoms with Gasteiger partial charge in [0.1, 0.15) is 10.7 Å². The molecule has 0 spiro atoms. The SMILES string of the molecule is COCOc1c(F)cc(F)cc1S(=O)(=O)F. The summed E-state index contributed by atoms with van der Waals surface area (Å²) >= 11 is 0. The van der Waals surface area contributed by atoms with E-state index in [4.69, 9.17) is 0 Å². The minimum atomic E-state index is -5.27. The lowest BCUT2D eigenvalue weighted by Gasteiger charge is -2.09. The Labute approximate surface area is 89.8 Å². The van der Waals surface area contributed by atoms with Crippen LogP contribution >= 0.6 is 0 Å². The Kier molecular flexibility index (Phi) is 3.76. The lowest BCUT2D eigenvalue weighted by Crippen LogP contribution is -2.06. The van der Waals surface area contributed by atoms with Gasteiger partial charge in [-0.3, -0.25) is 0 Å². The molecule has 0 aliphatic heterocycles. The molecule has 0 aromatic heterocycles. The van der Waals surface area contributed by atoms with Crippen LogP contribution in [-0.4, -0.2) is 22.3 Å². The molecule has 0 heterocycles. The van der Waals surface area contributed by atoms with Crippen molar-refractivity contribution in [3.05, 3.63) is 23.8 Å². The summed E-state index contributed by atoms with van der Waals surface area (Å²) in [5, 5.41) is 0. The largest absolute Gasteiger partial charge is 0.463 e. The standard InChI is InChI=1S/C8H7F3O4S/c1-14-4-15-8-6(10)2-5(9)3-7(8)16(11,12)13/h2-3H,4H2,1H3. The maximum atomic E-state index is 13.1. The third-order valence-corrected chi connectivity index (χ3v) is 2.39. The van der Waals surface area contributed by atoms with Crippen LogP contribution in [0.5, 0.6) is 5.75 Å². The van der Waals surface area contributed by atoms with Crippen LogP contribution in [0, 0.1) is 11.6 Å². The molecule has 0 amide bonds. The Hall–Kier alpha value is -1.28. The van der Waals surface area contributed by atoms with Gasteiger partial charge in [-0.1, -0.05) is 0 Å². The summed E-state index contributed by atoms with van der Waals surface area (Å²) in [6.07, 6.45) is 0. The van der Waals surface area contributed by atoms with Crippen LogP contribution in [0.2, 0.25) is 0 Å². The summed E-state index contributed by atoms with van der Waals surface area (Å²) in [6.45, 7) is -0.495. The molecule has 1 aromatic rings. The van der Waals surface area contributed by atoms with Gasteiger partial charge >= 0.3 is 10.2 Å². The molecule has 0 unspecified atom stereocenters. The highest BCUT2D eigenvalue weighted by atomic mass is 32.3. The highest BCUT2D eigenvalue weighted by molar-refractivity contribution is 7.86. The second-order valence-corrected chi connectivity index (χ2v) is 4.02. The summed E-state index contributed by atoms with van der Waals surface area (Å²) in [4.78, 5) is -1.21. The topological polar surface area (TPSA) is 52.6 Å². The number of ether oxygens (including phenoxy) is 2. The van der Waals surface area contributed by atoms with E-state index in [0.29, 0.717) is 12.1 Å². The summed E-state index contributed by atoms with van der Waals surface area (Å²) < 4.78 is 68.6. The Morgan fingerprint density at radius 2 is 1.94 bits per heavy atom. The van der Waals surface area contributed by atoms with Gasteiger partial charge in [0.05, 0.1) is 0 Å². The number of benzene rings is 1. The van der Waals surface area contributed by atoms with Gasteiger partial charge in [-0.15, -0.1) is 3.89 Å². The summed E-state index contributed by atoms with van der Waals surface area (Å²) in [7, 11) is -4.07. The van der Waals surface area contributed by atoms with Crippen molar-refractivity contribution in [1.82, 2.24) is 0 Å². The monoisotopic (exact) mass is 256 g/mol. The first-order chi connectivity index (χ1) is 7.36. The molecule has 1 rings (SSSR count). The van der Waals surface area contributed by atoms with E-state index in [1.54, 1.807) is 0 Å². The fraction of sp³-hybridized carbons (Fsp3) is 0.250. The van der Waals surface area contributed by atoms with Gasteiger partial charge in [-0.05, 0) is 6.07 Å². The second kappa shape index (κ2) is 4.71. The van der Waals surface area contributed by atoms with E-state index >= 15 is 0 Å². The fourth-order valence-electron chi connectivity index (χ4n) is 0.976. The van der Waals surface area contributed by atoms with Crippen molar-refractivity contribution in [2.24, 2.45) is 0 Å². The zero-order valence-corrected chi connectivity index (χ0v) is 8.85. The second-order valence-electron chi connectivity index (χ2n) is 2.70. The Bertz CT molecular complexity index is 486. The van der Waals surface area contributed by atoms with E-state index in [-0.39, 0.29) is 0 Å². The smallest absolute Gasteiger partial charge is 0.336 e. The molecule has 0 fully saturated rings. The van der Waals surface area contributed by atoms with E-state index in [2.05, 4.69) is 9.47 Å². The van der Waals surface area contributed by atoms with Gasteiger partial charge in [0.2, 0.25) is 0 Å². The van der Waals surface area contributed by atoms with Crippen molar-refractivity contribution < 1.29 is 30.6 Å². The molecular formula is C8H7F3O4S. The van der Waals surface area contributed by atoms with Crippen molar-refractivity contribution in [3.63, 3.8) is 0 Å². The van der Waals surface area contributed by atoms with Crippen LogP contribution in [0.15, 0.2) is 17.0 Å². The van der Waals surface area contributed by atoms with Crippen LogP contribution in [0.25, 0.3) is 0 Å². The van der Waals surface area contributed by atoms with Crippen LogP contribution in [-0.2, 0) is 15.0 Å². The van der Waals surface area contributed by atoms with Crippen molar-refractivity contribution in [3.8, 4) is 5.75 Å².